The van der Waals surface area contributed by atoms with Crippen molar-refractivity contribution in [2.45, 2.75) is 39.3 Å². The second-order valence-corrected chi connectivity index (χ2v) is 5.08. The third-order valence-electron chi connectivity index (χ3n) is 2.72. The van der Waals surface area contributed by atoms with Crippen LogP contribution in [0.3, 0.4) is 0 Å². The van der Waals surface area contributed by atoms with Crippen molar-refractivity contribution >= 4 is 17.3 Å². The highest BCUT2D eigenvalue weighted by atomic mass is 35.5. The number of anilines is 1. The number of halogens is 1. The highest BCUT2D eigenvalue weighted by molar-refractivity contribution is 6.33. The van der Waals surface area contributed by atoms with Crippen LogP contribution in [0.1, 0.15) is 26.3 Å². The van der Waals surface area contributed by atoms with Crippen LogP contribution in [-0.4, -0.2) is 19.1 Å². The van der Waals surface area contributed by atoms with E-state index >= 15 is 0 Å². The van der Waals surface area contributed by atoms with Gasteiger partial charge in [-0.15, -0.1) is 0 Å². The molecule has 1 aromatic carbocycles. The molecule has 0 aliphatic heterocycles. The summed E-state index contributed by atoms with van der Waals surface area (Å²) < 4.78 is 0. The molecule has 90 valence electrons. The van der Waals surface area contributed by atoms with E-state index in [9.17, 15) is 0 Å². The SMILES string of the molecule is CC(N)Cc1ccc(N(C)C(C)C)c(Cl)c1. The van der Waals surface area contributed by atoms with Crippen molar-refractivity contribution in [2.24, 2.45) is 5.73 Å². The van der Waals surface area contributed by atoms with Gasteiger partial charge in [-0.05, 0) is 44.9 Å². The fourth-order valence-electron chi connectivity index (χ4n) is 1.61. The van der Waals surface area contributed by atoms with E-state index in [1.165, 1.54) is 5.56 Å². The first kappa shape index (κ1) is 13.3. The number of rotatable bonds is 4. The molecule has 0 spiro atoms. The quantitative estimate of drug-likeness (QED) is 0.877. The molecule has 0 heterocycles. The van der Waals surface area contributed by atoms with Gasteiger partial charge in [0.05, 0.1) is 10.7 Å². The van der Waals surface area contributed by atoms with Gasteiger partial charge in [0, 0.05) is 19.1 Å². The molecule has 0 fully saturated rings. The van der Waals surface area contributed by atoms with Crippen molar-refractivity contribution in [3.63, 3.8) is 0 Å². The third-order valence-corrected chi connectivity index (χ3v) is 3.03. The minimum Gasteiger partial charge on any atom is -0.371 e. The second kappa shape index (κ2) is 5.55. The lowest BCUT2D eigenvalue weighted by Gasteiger charge is -2.25. The summed E-state index contributed by atoms with van der Waals surface area (Å²) in [7, 11) is 2.05. The topological polar surface area (TPSA) is 29.3 Å². The van der Waals surface area contributed by atoms with Crippen LogP contribution in [0.15, 0.2) is 18.2 Å². The van der Waals surface area contributed by atoms with Gasteiger partial charge in [-0.25, -0.2) is 0 Å². The van der Waals surface area contributed by atoms with E-state index in [-0.39, 0.29) is 6.04 Å². The second-order valence-electron chi connectivity index (χ2n) is 4.67. The Hall–Kier alpha value is -0.730. The molecule has 1 rings (SSSR count). The van der Waals surface area contributed by atoms with Crippen molar-refractivity contribution in [1.82, 2.24) is 0 Å². The predicted molar refractivity (Wildman–Crippen MR) is 72.3 cm³/mol. The van der Waals surface area contributed by atoms with Gasteiger partial charge in [0.15, 0.2) is 0 Å². The van der Waals surface area contributed by atoms with Crippen LogP contribution in [0, 0.1) is 0 Å². The van der Waals surface area contributed by atoms with Crippen molar-refractivity contribution in [1.29, 1.82) is 0 Å². The molecular formula is C13H21ClN2. The van der Waals surface area contributed by atoms with Crippen LogP contribution in [0.2, 0.25) is 5.02 Å². The standard InChI is InChI=1S/C13H21ClN2/c1-9(2)16(4)13-6-5-11(7-10(3)15)8-12(13)14/h5-6,8-10H,7,15H2,1-4H3. The monoisotopic (exact) mass is 240 g/mol. The minimum absolute atomic E-state index is 0.171. The lowest BCUT2D eigenvalue weighted by atomic mass is 10.1. The Balaban J connectivity index is 2.91. The zero-order valence-corrected chi connectivity index (χ0v) is 11.3. The molecule has 1 aromatic rings. The number of benzene rings is 1. The number of hydrogen-bond donors (Lipinski definition) is 1. The molecule has 1 unspecified atom stereocenters. The Kier molecular flexibility index (Phi) is 4.63. The molecule has 0 bridgehead atoms. The molecule has 0 amide bonds. The molecule has 0 saturated heterocycles. The first-order valence-corrected chi connectivity index (χ1v) is 6.06. The van der Waals surface area contributed by atoms with E-state index in [1.54, 1.807) is 0 Å². The summed E-state index contributed by atoms with van der Waals surface area (Å²) in [5.41, 5.74) is 8.04. The highest BCUT2D eigenvalue weighted by Gasteiger charge is 2.10. The molecule has 0 aliphatic rings. The first-order chi connectivity index (χ1) is 7.41. The van der Waals surface area contributed by atoms with Gasteiger partial charge in [-0.3, -0.25) is 0 Å². The van der Waals surface area contributed by atoms with Gasteiger partial charge in [0.1, 0.15) is 0 Å². The van der Waals surface area contributed by atoms with E-state index in [0.29, 0.717) is 6.04 Å². The minimum atomic E-state index is 0.171. The van der Waals surface area contributed by atoms with E-state index in [4.69, 9.17) is 17.3 Å². The summed E-state index contributed by atoms with van der Waals surface area (Å²) in [5, 5.41) is 0.800. The lowest BCUT2D eigenvalue weighted by molar-refractivity contribution is 0.735. The number of hydrogen-bond acceptors (Lipinski definition) is 2. The zero-order valence-electron chi connectivity index (χ0n) is 10.5. The van der Waals surface area contributed by atoms with Crippen molar-refractivity contribution in [3.05, 3.63) is 28.8 Å². The molecule has 3 heteroatoms. The maximum absolute atomic E-state index is 6.27. The van der Waals surface area contributed by atoms with Crippen molar-refractivity contribution < 1.29 is 0 Å². The Labute approximate surface area is 103 Å². The van der Waals surface area contributed by atoms with E-state index in [2.05, 4.69) is 37.9 Å². The Morgan fingerprint density at radius 3 is 2.38 bits per heavy atom. The summed E-state index contributed by atoms with van der Waals surface area (Å²) in [6.45, 7) is 6.29. The maximum atomic E-state index is 6.27. The predicted octanol–water partition coefficient (Wildman–Crippen LogP) is 3.07. The average Bonchev–Trinajstić information content (AvgIpc) is 2.15. The Morgan fingerprint density at radius 1 is 1.31 bits per heavy atom. The highest BCUT2D eigenvalue weighted by Crippen LogP contribution is 2.27. The summed E-state index contributed by atoms with van der Waals surface area (Å²) >= 11 is 6.27. The van der Waals surface area contributed by atoms with Gasteiger partial charge >= 0.3 is 0 Å². The molecule has 2 N–H and O–H groups in total. The Morgan fingerprint density at radius 2 is 1.94 bits per heavy atom. The van der Waals surface area contributed by atoms with Crippen molar-refractivity contribution in [3.8, 4) is 0 Å². The molecule has 16 heavy (non-hydrogen) atoms. The maximum Gasteiger partial charge on any atom is 0.0642 e. The summed E-state index contributed by atoms with van der Waals surface area (Å²) in [5.74, 6) is 0. The molecule has 0 saturated carbocycles. The largest absolute Gasteiger partial charge is 0.371 e. The molecule has 0 aliphatic carbocycles. The smallest absolute Gasteiger partial charge is 0.0642 e. The van der Waals surface area contributed by atoms with Crippen LogP contribution in [-0.2, 0) is 6.42 Å². The first-order valence-electron chi connectivity index (χ1n) is 5.68. The van der Waals surface area contributed by atoms with Gasteiger partial charge in [0.2, 0.25) is 0 Å². The Bertz CT molecular complexity index is 348. The van der Waals surface area contributed by atoms with E-state index in [0.717, 1.165) is 17.1 Å². The molecule has 0 aromatic heterocycles. The summed E-state index contributed by atoms with van der Waals surface area (Å²) in [4.78, 5) is 2.16. The number of nitrogens with two attached hydrogens (primary N) is 1. The van der Waals surface area contributed by atoms with Crippen LogP contribution >= 0.6 is 11.6 Å². The van der Waals surface area contributed by atoms with Gasteiger partial charge in [0.25, 0.3) is 0 Å². The molecule has 1 atom stereocenters. The third kappa shape index (κ3) is 3.39. The fourth-order valence-corrected chi connectivity index (χ4v) is 1.95. The van der Waals surface area contributed by atoms with Crippen molar-refractivity contribution in [2.75, 3.05) is 11.9 Å². The van der Waals surface area contributed by atoms with Crippen LogP contribution in [0.4, 0.5) is 5.69 Å². The van der Waals surface area contributed by atoms with E-state index < -0.39 is 0 Å². The normalized spacial score (nSPS) is 12.9. The van der Waals surface area contributed by atoms with Crippen LogP contribution < -0.4 is 10.6 Å². The molecule has 2 nitrogen and oxygen atoms in total. The molecular weight excluding hydrogens is 220 g/mol. The summed E-state index contributed by atoms with van der Waals surface area (Å²) in [6, 6.07) is 6.80. The van der Waals surface area contributed by atoms with Gasteiger partial charge in [-0.1, -0.05) is 17.7 Å². The van der Waals surface area contributed by atoms with E-state index in [1.807, 2.05) is 13.0 Å². The fraction of sp³-hybridized carbons (Fsp3) is 0.538. The van der Waals surface area contributed by atoms with Gasteiger partial charge in [-0.2, -0.15) is 0 Å². The lowest BCUT2D eigenvalue weighted by Crippen LogP contribution is -2.26. The van der Waals surface area contributed by atoms with Crippen LogP contribution in [0.25, 0.3) is 0 Å². The zero-order chi connectivity index (χ0) is 12.3. The number of nitrogens with zero attached hydrogens (tertiary/aromatic N) is 1. The van der Waals surface area contributed by atoms with Gasteiger partial charge < -0.3 is 10.6 Å². The molecule has 0 radical (unpaired) electrons. The summed E-state index contributed by atoms with van der Waals surface area (Å²) in [6.07, 6.45) is 0.866. The van der Waals surface area contributed by atoms with Crippen LogP contribution in [0.5, 0.6) is 0 Å². The average molecular weight is 241 g/mol.